The summed E-state index contributed by atoms with van der Waals surface area (Å²) in [6, 6.07) is 0. The number of methoxy groups -OCH3 is 1. The third-order valence-corrected chi connectivity index (χ3v) is 2.73. The van der Waals surface area contributed by atoms with E-state index >= 15 is 0 Å². The Bertz CT molecular complexity index is 575. The number of ether oxygens (including phenoxy) is 1. The summed E-state index contributed by atoms with van der Waals surface area (Å²) in [5, 5.41) is 16.6. The molecular formula is C11H14N4O4. The van der Waals surface area contributed by atoms with Crippen LogP contribution in [0.5, 0.6) is 0 Å². The van der Waals surface area contributed by atoms with Crippen LogP contribution in [0.4, 0.5) is 0 Å². The maximum Gasteiger partial charge on any atom is 0.358 e. The van der Waals surface area contributed by atoms with E-state index in [9.17, 15) is 4.79 Å². The number of aromatic carboxylic acids is 1. The Morgan fingerprint density at radius 2 is 2.37 bits per heavy atom. The first kappa shape index (κ1) is 13.2. The number of oxazole rings is 1. The van der Waals surface area contributed by atoms with Gasteiger partial charge in [0.25, 0.3) is 0 Å². The van der Waals surface area contributed by atoms with Crippen molar-refractivity contribution in [2.45, 2.75) is 19.9 Å². The summed E-state index contributed by atoms with van der Waals surface area (Å²) in [6.45, 7) is 2.50. The molecule has 0 aliphatic rings. The van der Waals surface area contributed by atoms with E-state index < -0.39 is 5.97 Å². The molecule has 0 spiro atoms. The van der Waals surface area contributed by atoms with Gasteiger partial charge < -0.3 is 14.3 Å². The van der Waals surface area contributed by atoms with E-state index in [-0.39, 0.29) is 5.69 Å². The Morgan fingerprint density at radius 1 is 1.58 bits per heavy atom. The second kappa shape index (κ2) is 5.61. The number of aryl methyl sites for hydroxylation is 1. The van der Waals surface area contributed by atoms with Gasteiger partial charge in [-0.25, -0.2) is 14.5 Å². The molecule has 1 N–H and O–H groups in total. The molecule has 0 atom stereocenters. The monoisotopic (exact) mass is 266 g/mol. The minimum atomic E-state index is -1.10. The number of carboxylic acid groups (broad SMARTS) is 1. The number of nitrogens with zero attached hydrogens (tertiary/aromatic N) is 4. The Labute approximate surface area is 109 Å². The van der Waals surface area contributed by atoms with Crippen LogP contribution in [0.1, 0.15) is 27.6 Å². The van der Waals surface area contributed by atoms with E-state index in [2.05, 4.69) is 15.3 Å². The minimum absolute atomic E-state index is 0.0572. The summed E-state index contributed by atoms with van der Waals surface area (Å²) in [6.07, 6.45) is 1.76. The molecule has 2 heterocycles. The number of hydrogen-bond donors (Lipinski definition) is 1. The molecule has 0 aromatic carbocycles. The Hall–Kier alpha value is -2.22. The number of carbonyl (C=O) groups is 1. The number of hydrogen-bond acceptors (Lipinski definition) is 6. The van der Waals surface area contributed by atoms with Crippen molar-refractivity contribution in [3.05, 3.63) is 29.2 Å². The highest BCUT2D eigenvalue weighted by atomic mass is 16.5. The average Bonchev–Trinajstić information content (AvgIpc) is 2.95. The van der Waals surface area contributed by atoms with Gasteiger partial charge in [0.05, 0.1) is 18.8 Å². The second-order valence-corrected chi connectivity index (χ2v) is 3.95. The van der Waals surface area contributed by atoms with E-state index in [0.29, 0.717) is 36.7 Å². The first-order valence-electron chi connectivity index (χ1n) is 5.67. The van der Waals surface area contributed by atoms with Crippen molar-refractivity contribution in [1.82, 2.24) is 20.0 Å². The fourth-order valence-corrected chi connectivity index (χ4v) is 1.69. The zero-order valence-corrected chi connectivity index (χ0v) is 10.7. The smallest absolute Gasteiger partial charge is 0.358 e. The van der Waals surface area contributed by atoms with Gasteiger partial charge in [0.15, 0.2) is 12.1 Å². The van der Waals surface area contributed by atoms with Crippen molar-refractivity contribution in [3.63, 3.8) is 0 Å². The zero-order valence-electron chi connectivity index (χ0n) is 10.7. The normalized spacial score (nSPS) is 10.8. The topological polar surface area (TPSA) is 103 Å². The van der Waals surface area contributed by atoms with E-state index in [1.54, 1.807) is 14.0 Å². The summed E-state index contributed by atoms with van der Waals surface area (Å²) in [4.78, 5) is 15.1. The van der Waals surface area contributed by atoms with Crippen molar-refractivity contribution in [2.75, 3.05) is 13.7 Å². The van der Waals surface area contributed by atoms with Crippen molar-refractivity contribution in [1.29, 1.82) is 0 Å². The van der Waals surface area contributed by atoms with E-state index in [1.807, 2.05) is 0 Å². The van der Waals surface area contributed by atoms with Crippen molar-refractivity contribution < 1.29 is 19.1 Å². The third kappa shape index (κ3) is 2.79. The Balaban J connectivity index is 2.29. The van der Waals surface area contributed by atoms with Crippen LogP contribution < -0.4 is 0 Å². The predicted octanol–water partition coefficient (Wildman–Crippen LogP) is 0.510. The van der Waals surface area contributed by atoms with Gasteiger partial charge in [0.1, 0.15) is 11.5 Å². The summed E-state index contributed by atoms with van der Waals surface area (Å²) < 4.78 is 11.6. The average molecular weight is 266 g/mol. The highest BCUT2D eigenvalue weighted by molar-refractivity contribution is 5.86. The lowest BCUT2D eigenvalue weighted by atomic mass is 10.2. The van der Waals surface area contributed by atoms with Gasteiger partial charge in [0.2, 0.25) is 0 Å². The largest absolute Gasteiger partial charge is 0.476 e. The molecule has 102 valence electrons. The molecule has 8 nitrogen and oxygen atoms in total. The first-order chi connectivity index (χ1) is 9.13. The van der Waals surface area contributed by atoms with Crippen LogP contribution in [0.2, 0.25) is 0 Å². The summed E-state index contributed by atoms with van der Waals surface area (Å²) in [5.74, 6) is -0.431. The van der Waals surface area contributed by atoms with Crippen LogP contribution in [0, 0.1) is 6.92 Å². The van der Waals surface area contributed by atoms with E-state index in [4.69, 9.17) is 14.3 Å². The van der Waals surface area contributed by atoms with Crippen molar-refractivity contribution >= 4 is 5.97 Å². The maximum absolute atomic E-state index is 11.1. The molecule has 0 unspecified atom stereocenters. The maximum atomic E-state index is 11.1. The fraction of sp³-hybridized carbons (Fsp3) is 0.455. The molecule has 0 amide bonds. The summed E-state index contributed by atoms with van der Waals surface area (Å²) in [5.41, 5.74) is 1.15. The van der Waals surface area contributed by atoms with Gasteiger partial charge in [0, 0.05) is 13.5 Å². The lowest BCUT2D eigenvalue weighted by molar-refractivity contribution is 0.0688. The van der Waals surface area contributed by atoms with Gasteiger partial charge in [-0.15, -0.1) is 5.10 Å². The van der Waals surface area contributed by atoms with Gasteiger partial charge in [-0.2, -0.15) is 0 Å². The minimum Gasteiger partial charge on any atom is -0.476 e. The second-order valence-electron chi connectivity index (χ2n) is 3.95. The fourth-order valence-electron chi connectivity index (χ4n) is 1.69. The zero-order chi connectivity index (χ0) is 13.8. The molecule has 0 saturated heterocycles. The molecule has 2 aromatic heterocycles. The summed E-state index contributed by atoms with van der Waals surface area (Å²) >= 11 is 0. The van der Waals surface area contributed by atoms with E-state index in [1.165, 1.54) is 11.1 Å². The lowest BCUT2D eigenvalue weighted by Crippen LogP contribution is -2.12. The molecular weight excluding hydrogens is 252 g/mol. The molecule has 0 aliphatic heterocycles. The predicted molar refractivity (Wildman–Crippen MR) is 62.9 cm³/mol. The highest BCUT2D eigenvalue weighted by Gasteiger charge is 2.19. The number of carboxylic acids is 1. The Kier molecular flexibility index (Phi) is 3.91. The third-order valence-electron chi connectivity index (χ3n) is 2.73. The Morgan fingerprint density at radius 3 is 2.95 bits per heavy atom. The van der Waals surface area contributed by atoms with Crippen molar-refractivity contribution in [3.8, 4) is 0 Å². The van der Waals surface area contributed by atoms with Crippen LogP contribution >= 0.6 is 0 Å². The molecule has 0 radical (unpaired) electrons. The lowest BCUT2D eigenvalue weighted by Gasteiger charge is -2.05. The molecule has 2 aromatic rings. The number of rotatable bonds is 6. The quantitative estimate of drug-likeness (QED) is 0.812. The van der Waals surface area contributed by atoms with Gasteiger partial charge in [-0.05, 0) is 6.92 Å². The molecule has 8 heteroatoms. The van der Waals surface area contributed by atoms with Gasteiger partial charge in [-0.1, -0.05) is 5.21 Å². The van der Waals surface area contributed by atoms with Crippen LogP contribution in [-0.2, 0) is 17.7 Å². The number of aromatic nitrogens is 4. The standard InChI is InChI=1S/C11H14N4O4/c1-7-8(12-6-19-7)5-15-9(3-4-18-2)10(11(16)17)13-14-15/h6H,3-5H2,1-2H3,(H,16,17). The van der Waals surface area contributed by atoms with Crippen LogP contribution in [0.15, 0.2) is 10.8 Å². The first-order valence-corrected chi connectivity index (χ1v) is 5.67. The SMILES string of the molecule is COCCc1c(C(=O)O)nnn1Cc1ncoc1C. The highest BCUT2D eigenvalue weighted by Crippen LogP contribution is 2.12. The molecule has 0 fully saturated rings. The summed E-state index contributed by atoms with van der Waals surface area (Å²) in [7, 11) is 1.55. The van der Waals surface area contributed by atoms with Gasteiger partial charge in [-0.3, -0.25) is 0 Å². The van der Waals surface area contributed by atoms with Crippen molar-refractivity contribution in [2.24, 2.45) is 0 Å². The van der Waals surface area contributed by atoms with Crippen LogP contribution in [-0.4, -0.2) is 44.8 Å². The van der Waals surface area contributed by atoms with E-state index in [0.717, 1.165) is 0 Å². The van der Waals surface area contributed by atoms with Crippen LogP contribution in [0.3, 0.4) is 0 Å². The molecule has 0 bridgehead atoms. The molecule has 2 rings (SSSR count). The molecule has 0 aliphatic carbocycles. The van der Waals surface area contributed by atoms with Gasteiger partial charge >= 0.3 is 5.97 Å². The van der Waals surface area contributed by atoms with Crippen LogP contribution in [0.25, 0.3) is 0 Å². The molecule has 0 saturated carbocycles. The molecule has 19 heavy (non-hydrogen) atoms.